The van der Waals surface area contributed by atoms with E-state index >= 15 is 0 Å². The van der Waals surface area contributed by atoms with Crippen molar-refractivity contribution in [3.8, 4) is 6.07 Å². The summed E-state index contributed by atoms with van der Waals surface area (Å²) in [4.78, 5) is 12.1. The molecule has 0 aliphatic carbocycles. The molecule has 0 fully saturated rings. The molecule has 0 unspecified atom stereocenters. The zero-order valence-corrected chi connectivity index (χ0v) is 13.5. The highest BCUT2D eigenvalue weighted by molar-refractivity contribution is 9.10. The van der Waals surface area contributed by atoms with E-state index in [1.54, 1.807) is 12.1 Å². The molecule has 2 rings (SSSR count). The Bertz CT molecular complexity index is 745. The van der Waals surface area contributed by atoms with E-state index in [0.717, 1.165) is 15.7 Å². The second-order valence-electron chi connectivity index (χ2n) is 4.59. The lowest BCUT2D eigenvalue weighted by molar-refractivity contribution is -0.112. The summed E-state index contributed by atoms with van der Waals surface area (Å²) >= 11 is 3.33. The van der Waals surface area contributed by atoms with Crippen LogP contribution in [0.4, 0.5) is 11.4 Å². The lowest BCUT2D eigenvalue weighted by Crippen LogP contribution is -2.14. The van der Waals surface area contributed by atoms with Crippen molar-refractivity contribution in [3.63, 3.8) is 0 Å². The van der Waals surface area contributed by atoms with E-state index in [2.05, 4.69) is 26.6 Å². The van der Waals surface area contributed by atoms with Crippen molar-refractivity contribution in [2.75, 3.05) is 10.6 Å². The number of carbonyl (C=O) groups excluding carboxylic acids is 1. The number of anilines is 2. The van der Waals surface area contributed by atoms with Gasteiger partial charge >= 0.3 is 0 Å². The zero-order chi connectivity index (χ0) is 15.9. The van der Waals surface area contributed by atoms with Crippen molar-refractivity contribution in [1.29, 1.82) is 5.26 Å². The molecule has 0 heterocycles. The molecule has 1 amide bonds. The van der Waals surface area contributed by atoms with E-state index in [0.29, 0.717) is 5.69 Å². The minimum Gasteiger partial charge on any atom is -0.360 e. The van der Waals surface area contributed by atoms with Gasteiger partial charge in [-0.3, -0.25) is 4.79 Å². The Kier molecular flexibility index (Phi) is 5.34. The summed E-state index contributed by atoms with van der Waals surface area (Å²) in [7, 11) is 0. The SMILES string of the molecule is Cc1ccccc1N/C=C(/C#N)C(=O)Nc1ccc(Br)cc1. The molecular formula is C17H14BrN3O. The average Bonchev–Trinajstić information content (AvgIpc) is 2.52. The number of amides is 1. The first-order valence-electron chi connectivity index (χ1n) is 6.59. The van der Waals surface area contributed by atoms with Crippen LogP contribution in [-0.2, 0) is 4.79 Å². The van der Waals surface area contributed by atoms with Crippen LogP contribution >= 0.6 is 15.9 Å². The van der Waals surface area contributed by atoms with Gasteiger partial charge in [-0.25, -0.2) is 0 Å². The molecular weight excluding hydrogens is 342 g/mol. The molecule has 22 heavy (non-hydrogen) atoms. The van der Waals surface area contributed by atoms with Crippen molar-refractivity contribution in [2.24, 2.45) is 0 Å². The molecule has 0 aliphatic rings. The lowest BCUT2D eigenvalue weighted by Gasteiger charge is -2.07. The molecule has 0 saturated carbocycles. The topological polar surface area (TPSA) is 64.9 Å². The largest absolute Gasteiger partial charge is 0.360 e. The predicted molar refractivity (Wildman–Crippen MR) is 91.3 cm³/mol. The van der Waals surface area contributed by atoms with Crippen molar-refractivity contribution in [3.05, 3.63) is 70.3 Å². The highest BCUT2D eigenvalue weighted by Crippen LogP contribution is 2.16. The first-order chi connectivity index (χ1) is 10.6. The summed E-state index contributed by atoms with van der Waals surface area (Å²) in [6, 6.07) is 16.7. The molecule has 110 valence electrons. The van der Waals surface area contributed by atoms with Crippen LogP contribution in [0.15, 0.2) is 64.8 Å². The minimum absolute atomic E-state index is 0.00571. The molecule has 0 atom stereocenters. The quantitative estimate of drug-likeness (QED) is 0.637. The Hall–Kier alpha value is -2.58. The van der Waals surface area contributed by atoms with Gasteiger partial charge in [-0.05, 0) is 42.8 Å². The minimum atomic E-state index is -0.453. The lowest BCUT2D eigenvalue weighted by atomic mass is 10.2. The molecule has 2 aromatic carbocycles. The van der Waals surface area contributed by atoms with Crippen LogP contribution in [0.2, 0.25) is 0 Å². The Morgan fingerprint density at radius 2 is 1.86 bits per heavy atom. The van der Waals surface area contributed by atoms with Gasteiger partial charge in [-0.15, -0.1) is 0 Å². The standard InChI is InChI=1S/C17H14BrN3O/c1-12-4-2-3-5-16(12)20-11-13(10-19)17(22)21-15-8-6-14(18)7-9-15/h2-9,11,20H,1H3,(H,21,22)/b13-11-. The maximum absolute atomic E-state index is 12.1. The number of nitrogens with one attached hydrogen (secondary N) is 2. The third-order valence-corrected chi connectivity index (χ3v) is 3.51. The first-order valence-corrected chi connectivity index (χ1v) is 7.39. The maximum atomic E-state index is 12.1. The summed E-state index contributed by atoms with van der Waals surface area (Å²) in [6.07, 6.45) is 1.41. The fraction of sp³-hybridized carbons (Fsp3) is 0.0588. The van der Waals surface area contributed by atoms with E-state index in [1.165, 1.54) is 6.20 Å². The van der Waals surface area contributed by atoms with Gasteiger partial charge < -0.3 is 10.6 Å². The van der Waals surface area contributed by atoms with E-state index in [9.17, 15) is 4.79 Å². The van der Waals surface area contributed by atoms with Crippen molar-refractivity contribution < 1.29 is 4.79 Å². The second-order valence-corrected chi connectivity index (χ2v) is 5.51. The van der Waals surface area contributed by atoms with Crippen molar-refractivity contribution >= 4 is 33.2 Å². The number of nitriles is 1. The number of aryl methyl sites for hydroxylation is 1. The van der Waals surface area contributed by atoms with Gasteiger partial charge in [0.05, 0.1) is 0 Å². The van der Waals surface area contributed by atoms with Crippen molar-refractivity contribution in [1.82, 2.24) is 0 Å². The number of hydrogen-bond acceptors (Lipinski definition) is 3. The first kappa shape index (κ1) is 15.8. The smallest absolute Gasteiger partial charge is 0.267 e. The normalized spacial score (nSPS) is 10.7. The molecule has 0 aromatic heterocycles. The predicted octanol–water partition coefficient (Wildman–Crippen LogP) is 4.22. The van der Waals surface area contributed by atoms with Gasteiger partial charge in [-0.2, -0.15) is 5.26 Å². The van der Waals surface area contributed by atoms with Crippen LogP contribution < -0.4 is 10.6 Å². The van der Waals surface area contributed by atoms with Crippen molar-refractivity contribution in [2.45, 2.75) is 6.92 Å². The van der Waals surface area contributed by atoms with E-state index in [-0.39, 0.29) is 5.57 Å². The van der Waals surface area contributed by atoms with Gasteiger partial charge in [0.2, 0.25) is 0 Å². The summed E-state index contributed by atoms with van der Waals surface area (Å²) in [6.45, 7) is 1.95. The Labute approximate surface area is 137 Å². The van der Waals surface area contributed by atoms with Crippen LogP contribution in [-0.4, -0.2) is 5.91 Å². The number of carbonyl (C=O) groups is 1. The molecule has 4 nitrogen and oxygen atoms in total. The molecule has 0 aliphatic heterocycles. The third-order valence-electron chi connectivity index (χ3n) is 2.98. The summed E-state index contributed by atoms with van der Waals surface area (Å²) in [5, 5.41) is 14.8. The number of nitrogens with zero attached hydrogens (tertiary/aromatic N) is 1. The number of halogens is 1. The third kappa shape index (κ3) is 4.21. The highest BCUT2D eigenvalue weighted by atomic mass is 79.9. The van der Waals surface area contributed by atoms with E-state index in [1.807, 2.05) is 49.4 Å². The van der Waals surface area contributed by atoms with Crippen LogP contribution in [0.3, 0.4) is 0 Å². The zero-order valence-electron chi connectivity index (χ0n) is 11.9. The number of hydrogen-bond donors (Lipinski definition) is 2. The maximum Gasteiger partial charge on any atom is 0.267 e. The fourth-order valence-corrected chi connectivity index (χ4v) is 2.03. The van der Waals surface area contributed by atoms with Crippen LogP contribution in [0.1, 0.15) is 5.56 Å². The Balaban J connectivity index is 2.09. The van der Waals surface area contributed by atoms with Gasteiger partial charge in [0.25, 0.3) is 5.91 Å². The molecule has 2 N–H and O–H groups in total. The summed E-state index contributed by atoms with van der Waals surface area (Å²) in [5.41, 5.74) is 2.52. The fourth-order valence-electron chi connectivity index (χ4n) is 1.77. The molecule has 0 radical (unpaired) electrons. The number of para-hydroxylation sites is 1. The number of rotatable bonds is 4. The monoisotopic (exact) mass is 355 g/mol. The highest BCUT2D eigenvalue weighted by Gasteiger charge is 2.09. The van der Waals surface area contributed by atoms with Gasteiger partial charge in [-0.1, -0.05) is 34.1 Å². The number of benzene rings is 2. The van der Waals surface area contributed by atoms with E-state index < -0.39 is 5.91 Å². The van der Waals surface area contributed by atoms with Crippen LogP contribution in [0.5, 0.6) is 0 Å². The molecule has 0 saturated heterocycles. The van der Waals surface area contributed by atoms with E-state index in [4.69, 9.17) is 5.26 Å². The molecule has 2 aromatic rings. The Morgan fingerprint density at radius 1 is 1.18 bits per heavy atom. The van der Waals surface area contributed by atoms with Gasteiger partial charge in [0, 0.05) is 22.0 Å². The molecule has 5 heteroatoms. The van der Waals surface area contributed by atoms with Crippen LogP contribution in [0, 0.1) is 18.3 Å². The summed E-state index contributed by atoms with van der Waals surface area (Å²) in [5.74, 6) is -0.453. The van der Waals surface area contributed by atoms with Crippen LogP contribution in [0.25, 0.3) is 0 Å². The Morgan fingerprint density at radius 3 is 2.50 bits per heavy atom. The van der Waals surface area contributed by atoms with Gasteiger partial charge in [0.1, 0.15) is 11.6 Å². The molecule has 0 bridgehead atoms. The molecule has 0 spiro atoms. The van der Waals surface area contributed by atoms with Gasteiger partial charge in [0.15, 0.2) is 0 Å². The second kappa shape index (κ2) is 7.43. The average molecular weight is 356 g/mol. The summed E-state index contributed by atoms with van der Waals surface area (Å²) < 4.78 is 0.919.